The second-order valence-electron chi connectivity index (χ2n) is 4.94. The van der Waals surface area contributed by atoms with E-state index in [2.05, 4.69) is 5.32 Å². The van der Waals surface area contributed by atoms with E-state index in [0.717, 1.165) is 5.57 Å². The lowest BCUT2D eigenvalue weighted by molar-refractivity contribution is -0.143. The number of nitrogens with one attached hydrogen (secondary N) is 1. The third-order valence-corrected chi connectivity index (χ3v) is 2.95. The maximum absolute atomic E-state index is 12.2. The Balaban J connectivity index is 2.80. The number of aliphatic carboxylic acids is 1. The highest BCUT2D eigenvalue weighted by Crippen LogP contribution is 2.16. The number of rotatable bonds is 7. The quantitative estimate of drug-likeness (QED) is 0.756. The minimum absolute atomic E-state index is 0.245. The zero-order valence-corrected chi connectivity index (χ0v) is 12.5. The van der Waals surface area contributed by atoms with Crippen molar-refractivity contribution in [1.82, 2.24) is 5.32 Å². The van der Waals surface area contributed by atoms with Gasteiger partial charge in [0.1, 0.15) is 6.04 Å². The van der Waals surface area contributed by atoms with Crippen molar-refractivity contribution in [2.24, 2.45) is 0 Å². The molecular weight excluding hydrogens is 270 g/mol. The van der Waals surface area contributed by atoms with Crippen molar-refractivity contribution in [2.45, 2.75) is 32.4 Å². The fraction of sp³-hybridized carbons (Fsp3) is 0.375. The summed E-state index contributed by atoms with van der Waals surface area (Å²) < 4.78 is 5.18. The summed E-state index contributed by atoms with van der Waals surface area (Å²) >= 11 is 0. The number of carboxylic acids is 1. The summed E-state index contributed by atoms with van der Waals surface area (Å²) in [5, 5.41) is 11.7. The molecule has 0 aliphatic rings. The highest BCUT2D eigenvalue weighted by molar-refractivity contribution is 5.87. The van der Waals surface area contributed by atoms with Crippen LogP contribution in [-0.4, -0.2) is 30.1 Å². The zero-order valence-electron chi connectivity index (χ0n) is 12.5. The van der Waals surface area contributed by atoms with Crippen LogP contribution in [0.3, 0.4) is 0 Å². The van der Waals surface area contributed by atoms with Crippen molar-refractivity contribution in [3.63, 3.8) is 0 Å². The van der Waals surface area contributed by atoms with E-state index >= 15 is 0 Å². The molecule has 1 rings (SSSR count). The Kier molecular flexibility index (Phi) is 6.62. The summed E-state index contributed by atoms with van der Waals surface area (Å²) in [6.45, 7) is 3.76. The van der Waals surface area contributed by atoms with Gasteiger partial charge < -0.3 is 15.2 Å². The van der Waals surface area contributed by atoms with Crippen LogP contribution in [0.25, 0.3) is 0 Å². The van der Waals surface area contributed by atoms with Gasteiger partial charge in [-0.3, -0.25) is 4.79 Å². The number of carbonyl (C=O) groups is 2. The van der Waals surface area contributed by atoms with Crippen molar-refractivity contribution >= 4 is 11.9 Å². The SMILES string of the molecule is CO[C@@H](C(=O)N[C@H](CC=C(C)C)C(=O)O)c1ccccc1. The van der Waals surface area contributed by atoms with Gasteiger partial charge in [0.05, 0.1) is 0 Å². The predicted molar refractivity (Wildman–Crippen MR) is 79.8 cm³/mol. The Morgan fingerprint density at radius 1 is 1.29 bits per heavy atom. The molecule has 0 radical (unpaired) electrons. The van der Waals surface area contributed by atoms with Crippen molar-refractivity contribution in [1.29, 1.82) is 0 Å². The molecule has 0 unspecified atom stereocenters. The maximum atomic E-state index is 12.2. The van der Waals surface area contributed by atoms with Crippen LogP contribution in [0.5, 0.6) is 0 Å². The summed E-state index contributed by atoms with van der Waals surface area (Å²) in [5.41, 5.74) is 1.69. The molecule has 1 aromatic carbocycles. The molecule has 2 atom stereocenters. The van der Waals surface area contributed by atoms with E-state index in [1.54, 1.807) is 30.3 Å². The van der Waals surface area contributed by atoms with Gasteiger partial charge in [-0.05, 0) is 25.8 Å². The summed E-state index contributed by atoms with van der Waals surface area (Å²) in [6.07, 6.45) is 1.21. The third kappa shape index (κ3) is 5.39. The number of hydrogen-bond donors (Lipinski definition) is 2. The monoisotopic (exact) mass is 291 g/mol. The first-order chi connectivity index (χ1) is 9.95. The molecule has 0 saturated carbocycles. The van der Waals surface area contributed by atoms with E-state index in [0.29, 0.717) is 5.56 Å². The molecule has 0 bridgehead atoms. The molecule has 0 aliphatic heterocycles. The van der Waals surface area contributed by atoms with Crippen molar-refractivity contribution in [3.05, 3.63) is 47.5 Å². The van der Waals surface area contributed by atoms with Crippen LogP contribution >= 0.6 is 0 Å². The molecule has 5 nitrogen and oxygen atoms in total. The smallest absolute Gasteiger partial charge is 0.326 e. The number of carboxylic acid groups (broad SMARTS) is 1. The number of ether oxygens (including phenoxy) is 1. The minimum Gasteiger partial charge on any atom is -0.480 e. The van der Waals surface area contributed by atoms with Crippen molar-refractivity contribution < 1.29 is 19.4 Å². The van der Waals surface area contributed by atoms with Crippen LogP contribution in [0.1, 0.15) is 31.9 Å². The Hall–Kier alpha value is -2.14. The lowest BCUT2D eigenvalue weighted by atomic mass is 10.1. The Morgan fingerprint density at radius 2 is 1.90 bits per heavy atom. The summed E-state index contributed by atoms with van der Waals surface area (Å²) in [7, 11) is 1.42. The van der Waals surface area contributed by atoms with E-state index in [9.17, 15) is 14.7 Å². The normalized spacial score (nSPS) is 13.1. The molecule has 2 N–H and O–H groups in total. The molecule has 0 heterocycles. The molecule has 0 aromatic heterocycles. The average Bonchev–Trinajstić information content (AvgIpc) is 2.44. The Bertz CT molecular complexity index is 506. The number of allylic oxidation sites excluding steroid dienone is 1. The van der Waals surface area contributed by atoms with Crippen molar-refractivity contribution in [3.8, 4) is 0 Å². The summed E-state index contributed by atoms with van der Waals surface area (Å²) in [4.78, 5) is 23.4. The lowest BCUT2D eigenvalue weighted by Gasteiger charge is -2.19. The van der Waals surface area contributed by atoms with Gasteiger partial charge in [-0.1, -0.05) is 42.0 Å². The van der Waals surface area contributed by atoms with Gasteiger partial charge in [-0.2, -0.15) is 0 Å². The number of amides is 1. The Labute approximate surface area is 124 Å². The van der Waals surface area contributed by atoms with E-state index in [4.69, 9.17) is 4.74 Å². The minimum atomic E-state index is -1.07. The van der Waals surface area contributed by atoms with Gasteiger partial charge in [-0.15, -0.1) is 0 Å². The molecule has 0 aliphatic carbocycles. The summed E-state index contributed by atoms with van der Waals surface area (Å²) in [6, 6.07) is 8.00. The zero-order chi connectivity index (χ0) is 15.8. The van der Waals surface area contributed by atoms with Gasteiger partial charge in [0.15, 0.2) is 6.10 Å². The molecule has 1 amide bonds. The molecular formula is C16H21NO4. The second kappa shape index (κ2) is 8.21. The fourth-order valence-corrected chi connectivity index (χ4v) is 1.84. The topological polar surface area (TPSA) is 75.6 Å². The number of methoxy groups -OCH3 is 1. The molecule has 5 heteroatoms. The van der Waals surface area contributed by atoms with E-state index in [1.165, 1.54) is 7.11 Å². The number of carbonyl (C=O) groups excluding carboxylic acids is 1. The molecule has 21 heavy (non-hydrogen) atoms. The first kappa shape index (κ1) is 16.9. The van der Waals surface area contributed by atoms with E-state index < -0.39 is 24.0 Å². The number of benzene rings is 1. The molecule has 0 fully saturated rings. The fourth-order valence-electron chi connectivity index (χ4n) is 1.84. The highest BCUT2D eigenvalue weighted by Gasteiger charge is 2.25. The van der Waals surface area contributed by atoms with E-state index in [-0.39, 0.29) is 6.42 Å². The molecule has 114 valence electrons. The standard InChI is InChI=1S/C16H21NO4/c1-11(2)9-10-13(16(19)20)17-15(18)14(21-3)12-7-5-4-6-8-12/h4-9,13-14H,10H2,1-3H3,(H,17,18)(H,19,20)/t13-,14-/m1/s1. The van der Waals surface area contributed by atoms with E-state index in [1.807, 2.05) is 19.9 Å². The van der Waals surface area contributed by atoms with Gasteiger partial charge in [0.25, 0.3) is 5.91 Å². The lowest BCUT2D eigenvalue weighted by Crippen LogP contribution is -2.43. The average molecular weight is 291 g/mol. The largest absolute Gasteiger partial charge is 0.480 e. The Morgan fingerprint density at radius 3 is 2.38 bits per heavy atom. The maximum Gasteiger partial charge on any atom is 0.326 e. The van der Waals surface area contributed by atoms with Crippen LogP contribution in [0, 0.1) is 0 Å². The van der Waals surface area contributed by atoms with Crippen LogP contribution in [0.4, 0.5) is 0 Å². The van der Waals surface area contributed by atoms with Gasteiger partial charge >= 0.3 is 5.97 Å². The first-order valence-corrected chi connectivity index (χ1v) is 6.70. The highest BCUT2D eigenvalue weighted by atomic mass is 16.5. The van der Waals surface area contributed by atoms with Crippen LogP contribution < -0.4 is 5.32 Å². The molecule has 0 spiro atoms. The van der Waals surface area contributed by atoms with Gasteiger partial charge in [0.2, 0.25) is 0 Å². The first-order valence-electron chi connectivity index (χ1n) is 6.70. The van der Waals surface area contributed by atoms with Gasteiger partial charge in [-0.25, -0.2) is 4.79 Å². The third-order valence-electron chi connectivity index (χ3n) is 2.95. The second-order valence-corrected chi connectivity index (χ2v) is 4.94. The predicted octanol–water partition coefficient (Wildman–Crippen LogP) is 2.30. The molecule has 1 aromatic rings. The van der Waals surface area contributed by atoms with Gasteiger partial charge in [0, 0.05) is 7.11 Å². The summed E-state index contributed by atoms with van der Waals surface area (Å²) in [5.74, 6) is -1.53. The number of hydrogen-bond acceptors (Lipinski definition) is 3. The van der Waals surface area contributed by atoms with Crippen LogP contribution in [0.15, 0.2) is 42.0 Å². The van der Waals surface area contributed by atoms with Crippen molar-refractivity contribution in [2.75, 3.05) is 7.11 Å². The van der Waals surface area contributed by atoms with Crippen LogP contribution in [-0.2, 0) is 14.3 Å². The molecule has 0 saturated heterocycles. The van der Waals surface area contributed by atoms with Crippen LogP contribution in [0.2, 0.25) is 0 Å².